The smallest absolute Gasteiger partial charge is 0.185 e. The Kier molecular flexibility index (Phi) is 5.30. The van der Waals surface area contributed by atoms with Gasteiger partial charge in [0, 0.05) is 31.6 Å². The minimum absolute atomic E-state index is 0.0402. The number of aliphatic hydroxyl groups excluding tert-OH is 1. The summed E-state index contributed by atoms with van der Waals surface area (Å²) in [5.74, 6) is 0.650. The van der Waals surface area contributed by atoms with E-state index >= 15 is 0 Å². The first-order chi connectivity index (χ1) is 12.7. The number of benzene rings is 1. The summed E-state index contributed by atoms with van der Waals surface area (Å²) < 4.78 is 0. The lowest BCUT2D eigenvalue weighted by Gasteiger charge is -2.50. The number of hydrogen-bond acceptors (Lipinski definition) is 5. The zero-order valence-electron chi connectivity index (χ0n) is 15.6. The fourth-order valence-electron chi connectivity index (χ4n) is 4.74. The van der Waals surface area contributed by atoms with E-state index in [-0.39, 0.29) is 6.61 Å². The molecular weight excluding hydrogens is 342 g/mol. The van der Waals surface area contributed by atoms with E-state index in [1.54, 1.807) is 11.3 Å². The second-order valence-electron chi connectivity index (χ2n) is 7.91. The Labute approximate surface area is 160 Å². The third-order valence-corrected chi connectivity index (χ3v) is 7.18. The molecule has 2 aliphatic heterocycles. The summed E-state index contributed by atoms with van der Waals surface area (Å²) in [7, 11) is 0. The number of aromatic nitrogens is 1. The van der Waals surface area contributed by atoms with E-state index in [1.165, 1.54) is 37.9 Å². The summed E-state index contributed by atoms with van der Waals surface area (Å²) in [4.78, 5) is 9.63. The zero-order chi connectivity index (χ0) is 18.0. The predicted octanol–water partition coefficient (Wildman–Crippen LogP) is 3.73. The Morgan fingerprint density at radius 3 is 2.65 bits per heavy atom. The summed E-state index contributed by atoms with van der Waals surface area (Å²) >= 11 is 1.66. The third kappa shape index (κ3) is 3.66. The van der Waals surface area contributed by atoms with Crippen LogP contribution in [0.1, 0.15) is 43.4 Å². The fourth-order valence-corrected chi connectivity index (χ4v) is 5.61. The van der Waals surface area contributed by atoms with Crippen LogP contribution in [0.25, 0.3) is 0 Å². The summed E-state index contributed by atoms with van der Waals surface area (Å²) in [5, 5.41) is 12.3. The molecule has 0 amide bonds. The Balaban J connectivity index is 1.47. The molecule has 0 aliphatic carbocycles. The molecule has 0 saturated carbocycles. The number of aliphatic hydroxyl groups is 1. The molecule has 4 nitrogen and oxygen atoms in total. The van der Waals surface area contributed by atoms with E-state index in [2.05, 4.69) is 52.0 Å². The zero-order valence-corrected chi connectivity index (χ0v) is 16.4. The second kappa shape index (κ2) is 7.67. The van der Waals surface area contributed by atoms with Gasteiger partial charge >= 0.3 is 0 Å². The lowest BCUT2D eigenvalue weighted by Crippen LogP contribution is -2.51. The van der Waals surface area contributed by atoms with Gasteiger partial charge in [0.15, 0.2) is 5.13 Å². The minimum Gasteiger partial charge on any atom is -0.390 e. The predicted molar refractivity (Wildman–Crippen MR) is 108 cm³/mol. The maximum Gasteiger partial charge on any atom is 0.185 e. The maximum atomic E-state index is 9.26. The van der Waals surface area contributed by atoms with Gasteiger partial charge in [-0.1, -0.05) is 37.3 Å². The van der Waals surface area contributed by atoms with Crippen LogP contribution in [0, 0.1) is 5.41 Å². The SMILES string of the molecule is CCN1C[C@H](c2ccccc2)CC2(CCN(c3nc(CO)cs3)CC2)C1. The molecule has 2 aliphatic rings. The number of nitrogens with zero attached hydrogens (tertiary/aromatic N) is 3. The Bertz CT molecular complexity index is 709. The maximum absolute atomic E-state index is 9.26. The number of rotatable bonds is 4. The topological polar surface area (TPSA) is 39.6 Å². The van der Waals surface area contributed by atoms with Crippen molar-refractivity contribution in [3.63, 3.8) is 0 Å². The van der Waals surface area contributed by atoms with Crippen LogP contribution in [-0.2, 0) is 6.61 Å². The summed E-state index contributed by atoms with van der Waals surface area (Å²) in [6.07, 6.45) is 3.78. The van der Waals surface area contributed by atoms with E-state index in [4.69, 9.17) is 0 Å². The molecule has 0 radical (unpaired) electrons. The standard InChI is InChI=1S/C21H29N3OS/c1-2-23-13-18(17-6-4-3-5-7-17)12-21(16-23)8-10-24(11-9-21)20-22-19(14-25)15-26-20/h3-7,15,18,25H,2,8-14,16H2,1H3/t18-/m1/s1. The molecule has 4 rings (SSSR count). The lowest BCUT2D eigenvalue weighted by atomic mass is 9.68. The largest absolute Gasteiger partial charge is 0.390 e. The molecule has 3 heterocycles. The molecule has 1 aromatic heterocycles. The molecule has 1 atom stereocenters. The van der Waals surface area contributed by atoms with Gasteiger partial charge in [-0.25, -0.2) is 4.98 Å². The van der Waals surface area contributed by atoms with Crippen LogP contribution in [0.3, 0.4) is 0 Å². The number of thiazole rings is 1. The van der Waals surface area contributed by atoms with Crippen molar-refractivity contribution in [2.45, 2.75) is 38.7 Å². The van der Waals surface area contributed by atoms with Crippen LogP contribution >= 0.6 is 11.3 Å². The molecule has 2 saturated heterocycles. The van der Waals surface area contributed by atoms with E-state index in [0.717, 1.165) is 30.5 Å². The highest BCUT2D eigenvalue weighted by Crippen LogP contribution is 2.45. The van der Waals surface area contributed by atoms with Gasteiger partial charge in [0.1, 0.15) is 0 Å². The van der Waals surface area contributed by atoms with E-state index < -0.39 is 0 Å². The van der Waals surface area contributed by atoms with Crippen LogP contribution in [-0.4, -0.2) is 47.7 Å². The normalized spacial score (nSPS) is 23.5. The molecule has 1 N–H and O–H groups in total. The second-order valence-corrected chi connectivity index (χ2v) is 8.74. The number of piperidine rings is 2. The fraction of sp³-hybridized carbons (Fsp3) is 0.571. The highest BCUT2D eigenvalue weighted by Gasteiger charge is 2.42. The van der Waals surface area contributed by atoms with Gasteiger partial charge in [-0.15, -0.1) is 11.3 Å². The van der Waals surface area contributed by atoms with Crippen molar-refractivity contribution < 1.29 is 5.11 Å². The number of hydrogen-bond donors (Lipinski definition) is 1. The third-order valence-electron chi connectivity index (χ3n) is 6.23. The van der Waals surface area contributed by atoms with Crippen molar-refractivity contribution >= 4 is 16.5 Å². The molecule has 1 aromatic carbocycles. The minimum atomic E-state index is 0.0402. The molecule has 2 fully saturated rings. The highest BCUT2D eigenvalue weighted by molar-refractivity contribution is 7.13. The van der Waals surface area contributed by atoms with Crippen molar-refractivity contribution in [3.8, 4) is 0 Å². The van der Waals surface area contributed by atoms with Crippen LogP contribution in [0.5, 0.6) is 0 Å². The van der Waals surface area contributed by atoms with Crippen LogP contribution in [0.15, 0.2) is 35.7 Å². The molecule has 1 spiro atoms. The average molecular weight is 372 g/mol. The molecule has 26 heavy (non-hydrogen) atoms. The van der Waals surface area contributed by atoms with Crippen molar-refractivity contribution in [1.82, 2.24) is 9.88 Å². The van der Waals surface area contributed by atoms with Gasteiger partial charge in [-0.3, -0.25) is 0 Å². The summed E-state index contributed by atoms with van der Waals surface area (Å²) in [6, 6.07) is 11.1. The van der Waals surface area contributed by atoms with E-state index in [0.29, 0.717) is 11.3 Å². The molecule has 0 unspecified atom stereocenters. The lowest BCUT2D eigenvalue weighted by molar-refractivity contribution is 0.0544. The van der Waals surface area contributed by atoms with Crippen LogP contribution in [0.4, 0.5) is 5.13 Å². The van der Waals surface area contributed by atoms with Gasteiger partial charge in [0.05, 0.1) is 12.3 Å². The number of likely N-dealkylation sites (tertiary alicyclic amines) is 1. The quantitative estimate of drug-likeness (QED) is 0.889. The van der Waals surface area contributed by atoms with Gasteiger partial charge < -0.3 is 14.9 Å². The molecule has 2 aromatic rings. The number of anilines is 1. The van der Waals surface area contributed by atoms with Crippen LogP contribution in [0.2, 0.25) is 0 Å². The average Bonchev–Trinajstić information content (AvgIpc) is 3.18. The Morgan fingerprint density at radius 2 is 2.00 bits per heavy atom. The molecule has 5 heteroatoms. The first-order valence-corrected chi connectivity index (χ1v) is 10.7. The Hall–Kier alpha value is -1.43. The monoisotopic (exact) mass is 371 g/mol. The van der Waals surface area contributed by atoms with Crippen molar-refractivity contribution in [2.75, 3.05) is 37.6 Å². The number of likely N-dealkylation sites (N-methyl/N-ethyl adjacent to an activating group) is 1. The van der Waals surface area contributed by atoms with Crippen molar-refractivity contribution in [2.24, 2.45) is 5.41 Å². The van der Waals surface area contributed by atoms with Crippen LogP contribution < -0.4 is 4.90 Å². The first-order valence-electron chi connectivity index (χ1n) is 9.79. The van der Waals surface area contributed by atoms with Gasteiger partial charge in [0.25, 0.3) is 0 Å². The van der Waals surface area contributed by atoms with Gasteiger partial charge in [-0.05, 0) is 42.7 Å². The molecule has 0 bridgehead atoms. The van der Waals surface area contributed by atoms with Crippen molar-refractivity contribution in [3.05, 3.63) is 47.0 Å². The summed E-state index contributed by atoms with van der Waals surface area (Å²) in [6.45, 7) is 8.06. The van der Waals surface area contributed by atoms with E-state index in [1.807, 2.05) is 5.38 Å². The van der Waals surface area contributed by atoms with Crippen molar-refractivity contribution in [1.29, 1.82) is 0 Å². The molecular formula is C21H29N3OS. The first kappa shape index (κ1) is 18.0. The van der Waals surface area contributed by atoms with Gasteiger partial charge in [-0.2, -0.15) is 0 Å². The highest BCUT2D eigenvalue weighted by atomic mass is 32.1. The Morgan fingerprint density at radius 1 is 1.23 bits per heavy atom. The van der Waals surface area contributed by atoms with E-state index in [9.17, 15) is 5.11 Å². The summed E-state index contributed by atoms with van der Waals surface area (Å²) in [5.41, 5.74) is 2.73. The van der Waals surface area contributed by atoms with Gasteiger partial charge in [0.2, 0.25) is 0 Å². The molecule has 140 valence electrons.